The molecule has 0 bridgehead atoms. The lowest BCUT2D eigenvalue weighted by Crippen LogP contribution is -2.36. The second-order valence-electron chi connectivity index (χ2n) is 9.21. The first kappa shape index (κ1) is 20.4. The third kappa shape index (κ3) is 4.50. The van der Waals surface area contributed by atoms with Gasteiger partial charge in [-0.1, -0.05) is 25.7 Å². The lowest BCUT2D eigenvalue weighted by Gasteiger charge is -2.40. The van der Waals surface area contributed by atoms with Gasteiger partial charge in [0.05, 0.1) is 24.4 Å². The smallest absolute Gasteiger partial charge is 0.168 e. The molecule has 29 heavy (non-hydrogen) atoms. The average molecular weight is 399 g/mol. The van der Waals surface area contributed by atoms with E-state index in [9.17, 15) is 9.90 Å². The summed E-state index contributed by atoms with van der Waals surface area (Å²) >= 11 is 0. The van der Waals surface area contributed by atoms with Crippen LogP contribution in [0.5, 0.6) is 0 Å². The summed E-state index contributed by atoms with van der Waals surface area (Å²) in [6.45, 7) is 4.52. The summed E-state index contributed by atoms with van der Waals surface area (Å²) in [6.07, 6.45) is 12.3. The molecule has 0 amide bonds. The fourth-order valence-corrected chi connectivity index (χ4v) is 5.56. The Balaban J connectivity index is 1.52. The number of piperidine rings is 1. The van der Waals surface area contributed by atoms with Crippen LogP contribution in [0.15, 0.2) is 39.1 Å². The maximum Gasteiger partial charge on any atom is 0.168 e. The molecule has 5 nitrogen and oxygen atoms in total. The maximum absolute atomic E-state index is 13.0. The number of ketones is 1. The number of likely N-dealkylation sites (tertiary alicyclic amines) is 1. The summed E-state index contributed by atoms with van der Waals surface area (Å²) in [4.78, 5) is 20.2. The Bertz CT molecular complexity index is 766. The van der Waals surface area contributed by atoms with E-state index in [2.05, 4.69) is 4.90 Å². The first-order valence-electron chi connectivity index (χ1n) is 11.3. The normalized spacial score (nSPS) is 24.9. The number of aliphatic hydroxyl groups is 1. The van der Waals surface area contributed by atoms with Crippen LogP contribution in [-0.2, 0) is 4.79 Å². The van der Waals surface area contributed by atoms with Crippen molar-refractivity contribution in [3.63, 3.8) is 0 Å². The average Bonchev–Trinajstić information content (AvgIpc) is 3.23. The topological polar surface area (TPSA) is 66.0 Å². The van der Waals surface area contributed by atoms with E-state index in [4.69, 9.17) is 9.41 Å². The highest BCUT2D eigenvalue weighted by Crippen LogP contribution is 2.47. The Labute approximate surface area is 173 Å². The fourth-order valence-electron chi connectivity index (χ4n) is 5.56. The zero-order valence-corrected chi connectivity index (χ0v) is 17.7. The summed E-state index contributed by atoms with van der Waals surface area (Å²) in [5, 5.41) is 10.8. The summed E-state index contributed by atoms with van der Waals surface area (Å²) in [6, 6.07) is 4.02. The van der Waals surface area contributed by atoms with Gasteiger partial charge in [-0.3, -0.25) is 14.7 Å². The van der Waals surface area contributed by atoms with Gasteiger partial charge in [0, 0.05) is 18.6 Å². The van der Waals surface area contributed by atoms with Gasteiger partial charge >= 0.3 is 0 Å². The molecule has 1 saturated carbocycles. The second kappa shape index (κ2) is 8.86. The highest BCUT2D eigenvalue weighted by molar-refractivity contribution is 6.22. The van der Waals surface area contributed by atoms with Crippen molar-refractivity contribution in [2.75, 3.05) is 19.6 Å². The van der Waals surface area contributed by atoms with Crippen molar-refractivity contribution < 1.29 is 14.3 Å². The minimum absolute atomic E-state index is 0.00625. The van der Waals surface area contributed by atoms with Crippen molar-refractivity contribution in [3.05, 3.63) is 35.5 Å². The van der Waals surface area contributed by atoms with Crippen LogP contribution in [0.25, 0.3) is 0 Å². The zero-order valence-electron chi connectivity index (χ0n) is 17.7. The molecule has 2 heterocycles. The lowest BCUT2D eigenvalue weighted by molar-refractivity contribution is -0.119. The van der Waals surface area contributed by atoms with Gasteiger partial charge in [0.2, 0.25) is 0 Å². The van der Waals surface area contributed by atoms with Crippen molar-refractivity contribution in [1.29, 1.82) is 0 Å². The summed E-state index contributed by atoms with van der Waals surface area (Å²) in [5.74, 6) is 1.26. The van der Waals surface area contributed by atoms with Crippen molar-refractivity contribution >= 4 is 11.5 Å². The minimum atomic E-state index is -0.00625. The Morgan fingerprint density at radius 3 is 2.55 bits per heavy atom. The van der Waals surface area contributed by atoms with E-state index in [0.29, 0.717) is 30.7 Å². The molecule has 2 fully saturated rings. The molecule has 1 aliphatic heterocycles. The standard InChI is InChI=1S/C24H34N2O3/c1-18(23-20(27)15-24(16-21(23)28)10-4-2-5-11-24)25-17-19(22-9-8-14-29-22)26-12-6-3-7-13-26/h8-9,14,19,27H,2-7,10-13,15-17H2,1H3. The molecule has 0 radical (unpaired) electrons. The largest absolute Gasteiger partial charge is 0.511 e. The first-order chi connectivity index (χ1) is 14.1. The van der Waals surface area contributed by atoms with Gasteiger partial charge in [-0.25, -0.2) is 0 Å². The number of allylic oxidation sites excluding steroid dienone is 2. The molecule has 158 valence electrons. The highest BCUT2D eigenvalue weighted by atomic mass is 16.3. The molecular formula is C24H34N2O3. The molecule has 4 rings (SSSR count). The fraction of sp³-hybridized carbons (Fsp3) is 0.667. The number of carbonyl (C=O) groups is 1. The van der Waals surface area contributed by atoms with Gasteiger partial charge in [-0.05, 0) is 63.2 Å². The van der Waals surface area contributed by atoms with Crippen LogP contribution in [0.3, 0.4) is 0 Å². The molecule has 1 N–H and O–H groups in total. The molecule has 1 atom stereocenters. The van der Waals surface area contributed by atoms with Crippen molar-refractivity contribution in [1.82, 2.24) is 4.90 Å². The van der Waals surface area contributed by atoms with E-state index >= 15 is 0 Å². The third-order valence-corrected chi connectivity index (χ3v) is 7.13. The molecule has 3 aliphatic rings. The maximum atomic E-state index is 13.0. The number of hydrogen-bond acceptors (Lipinski definition) is 5. The Kier molecular flexibility index (Phi) is 6.23. The predicted octanol–water partition coefficient (Wildman–Crippen LogP) is 5.39. The molecule has 1 unspecified atom stereocenters. The van der Waals surface area contributed by atoms with Gasteiger partial charge < -0.3 is 9.52 Å². The Morgan fingerprint density at radius 1 is 1.17 bits per heavy atom. The monoisotopic (exact) mass is 398 g/mol. The van der Waals surface area contributed by atoms with Gasteiger partial charge in [0.1, 0.15) is 11.5 Å². The van der Waals surface area contributed by atoms with Crippen LogP contribution in [-0.4, -0.2) is 41.1 Å². The van der Waals surface area contributed by atoms with Crippen LogP contribution < -0.4 is 0 Å². The summed E-state index contributed by atoms with van der Waals surface area (Å²) < 4.78 is 5.70. The number of aliphatic hydroxyl groups excluding tert-OH is 1. The van der Waals surface area contributed by atoms with Crippen LogP contribution in [0.4, 0.5) is 0 Å². The third-order valence-electron chi connectivity index (χ3n) is 7.13. The number of aliphatic imine (C=N–C) groups is 1. The molecule has 1 saturated heterocycles. The quantitative estimate of drug-likeness (QED) is 0.675. The lowest BCUT2D eigenvalue weighted by atomic mass is 9.65. The van der Waals surface area contributed by atoms with E-state index < -0.39 is 0 Å². The van der Waals surface area contributed by atoms with Gasteiger partial charge in [0.15, 0.2) is 5.78 Å². The van der Waals surface area contributed by atoms with E-state index in [-0.39, 0.29) is 23.0 Å². The van der Waals surface area contributed by atoms with E-state index in [1.807, 2.05) is 19.1 Å². The van der Waals surface area contributed by atoms with E-state index in [1.54, 1.807) is 6.26 Å². The predicted molar refractivity (Wildman–Crippen MR) is 114 cm³/mol. The molecule has 5 heteroatoms. The van der Waals surface area contributed by atoms with Gasteiger partial charge in [-0.15, -0.1) is 0 Å². The minimum Gasteiger partial charge on any atom is -0.511 e. The van der Waals surface area contributed by atoms with Gasteiger partial charge in [0.25, 0.3) is 0 Å². The number of rotatable bonds is 5. The van der Waals surface area contributed by atoms with Crippen molar-refractivity contribution in [2.24, 2.45) is 10.4 Å². The summed E-state index contributed by atoms with van der Waals surface area (Å²) in [7, 11) is 0. The molecule has 1 spiro atoms. The van der Waals surface area contributed by atoms with Crippen LogP contribution in [0, 0.1) is 5.41 Å². The van der Waals surface area contributed by atoms with Crippen LogP contribution >= 0.6 is 0 Å². The number of nitrogens with zero attached hydrogens (tertiary/aromatic N) is 2. The van der Waals surface area contributed by atoms with Crippen LogP contribution in [0.1, 0.15) is 82.9 Å². The second-order valence-corrected chi connectivity index (χ2v) is 9.21. The number of furan rings is 1. The number of carbonyl (C=O) groups excluding carboxylic acids is 1. The first-order valence-corrected chi connectivity index (χ1v) is 11.3. The SMILES string of the molecule is CC(=NCC(c1ccco1)N1CCCCC1)C1=C(O)CC2(CCCCC2)CC1=O. The molecule has 2 aliphatic carbocycles. The molecule has 1 aromatic rings. The van der Waals surface area contributed by atoms with Crippen molar-refractivity contribution in [2.45, 2.75) is 77.2 Å². The number of hydrogen-bond donors (Lipinski definition) is 1. The summed E-state index contributed by atoms with van der Waals surface area (Å²) in [5.41, 5.74) is 1.14. The Morgan fingerprint density at radius 2 is 1.90 bits per heavy atom. The molecule has 0 aromatic carbocycles. The van der Waals surface area contributed by atoms with Crippen molar-refractivity contribution in [3.8, 4) is 0 Å². The molecular weight excluding hydrogens is 364 g/mol. The van der Waals surface area contributed by atoms with Crippen LogP contribution in [0.2, 0.25) is 0 Å². The highest BCUT2D eigenvalue weighted by Gasteiger charge is 2.41. The molecule has 1 aromatic heterocycles. The van der Waals surface area contributed by atoms with Gasteiger partial charge in [-0.2, -0.15) is 0 Å². The zero-order chi connectivity index (χ0) is 20.3. The van der Waals surface area contributed by atoms with E-state index in [0.717, 1.165) is 31.7 Å². The van der Waals surface area contributed by atoms with E-state index in [1.165, 1.54) is 38.5 Å². The Hall–Kier alpha value is -1.88. The number of Topliss-reactive ketones (excluding diaryl/α,β-unsaturated/α-hetero) is 1.